The highest BCUT2D eigenvalue weighted by Crippen LogP contribution is 2.43. The third-order valence-corrected chi connectivity index (χ3v) is 13.0. The standard InChI is InChI=1S/C66H107O11P/c1-4-7-10-13-16-19-22-25-28-30-31-33-35-37-40-43-46-49-52-55-64(68)73-59-63(77-66(70)57-54-51-48-45-42-39-36-32-29-26-23-20-17-14-11-8-5-2)61-75-78(71,72)74-60-62(58-67)76-65(69)56-53-50-47-44-41-38-34-27-24-21-18-15-12-9-6-3/h7-8,10-11,16-17,19-20,25-26,28-29,31,33,36-37,39-40,45-46,48-49,62-63,67H,4-6,9,12-15,18,21-24,27,30,32,34-35,38,41-44,47,50-61H2,1-3H3,(H,71,72)/b10-7-,11-8-,19-16-,20-17-,28-25-,29-26-,33-31-,39-36-,40-37-,48-45-,49-46-. The average molecular weight is 1110 g/mol. The Kier molecular flexibility index (Phi) is 55.5. The molecule has 0 aliphatic carbocycles. The van der Waals surface area contributed by atoms with E-state index >= 15 is 0 Å². The molecule has 0 saturated carbocycles. The van der Waals surface area contributed by atoms with E-state index in [4.69, 9.17) is 23.3 Å². The molecule has 2 N–H and O–H groups in total. The van der Waals surface area contributed by atoms with Crippen LogP contribution in [0.25, 0.3) is 0 Å². The lowest BCUT2D eigenvalue weighted by Crippen LogP contribution is -2.30. The zero-order valence-electron chi connectivity index (χ0n) is 48.8. The molecule has 0 saturated heterocycles. The number of unbranched alkanes of at least 4 members (excludes halogenated alkanes) is 15. The molecule has 3 atom stereocenters. The zero-order valence-corrected chi connectivity index (χ0v) is 49.7. The predicted octanol–water partition coefficient (Wildman–Crippen LogP) is 18.1. The molecule has 0 radical (unpaired) electrons. The molecule has 0 aromatic carbocycles. The molecule has 0 aromatic heterocycles. The molecule has 11 nitrogen and oxygen atoms in total. The summed E-state index contributed by atoms with van der Waals surface area (Å²) >= 11 is 0. The number of hydrogen-bond acceptors (Lipinski definition) is 10. The van der Waals surface area contributed by atoms with Crippen molar-refractivity contribution < 1.29 is 52.2 Å². The van der Waals surface area contributed by atoms with Crippen LogP contribution in [0.1, 0.15) is 226 Å². The second-order valence-electron chi connectivity index (χ2n) is 19.4. The van der Waals surface area contributed by atoms with E-state index in [9.17, 15) is 28.9 Å². The maximum atomic E-state index is 12.9. The first-order valence-electron chi connectivity index (χ1n) is 30.1. The second kappa shape index (κ2) is 58.8. The summed E-state index contributed by atoms with van der Waals surface area (Å²) in [4.78, 5) is 48.6. The van der Waals surface area contributed by atoms with Crippen LogP contribution in [0.15, 0.2) is 134 Å². The third kappa shape index (κ3) is 56.3. The van der Waals surface area contributed by atoms with Gasteiger partial charge in [-0.1, -0.05) is 244 Å². The highest BCUT2D eigenvalue weighted by Gasteiger charge is 2.28. The van der Waals surface area contributed by atoms with E-state index in [2.05, 4.69) is 130 Å². The first-order chi connectivity index (χ1) is 38.2. The van der Waals surface area contributed by atoms with Crippen molar-refractivity contribution >= 4 is 25.7 Å². The molecule has 0 spiro atoms. The molecule has 0 heterocycles. The molecule has 0 aliphatic rings. The first-order valence-corrected chi connectivity index (χ1v) is 31.6. The topological polar surface area (TPSA) is 155 Å². The number of carbonyl (C=O) groups excluding carboxylic acids is 3. The number of esters is 3. The Morgan fingerprint density at radius 1 is 0.372 bits per heavy atom. The van der Waals surface area contributed by atoms with Gasteiger partial charge in [0.2, 0.25) is 0 Å². The van der Waals surface area contributed by atoms with E-state index in [1.54, 1.807) is 0 Å². The van der Waals surface area contributed by atoms with Gasteiger partial charge in [0.15, 0.2) is 6.10 Å². The van der Waals surface area contributed by atoms with Gasteiger partial charge in [-0.3, -0.25) is 23.4 Å². The summed E-state index contributed by atoms with van der Waals surface area (Å²) in [6.07, 6.45) is 74.3. The normalized spacial score (nSPS) is 14.3. The van der Waals surface area contributed by atoms with Gasteiger partial charge in [-0.2, -0.15) is 0 Å². The Morgan fingerprint density at radius 3 is 1.08 bits per heavy atom. The molecular weight excluding hydrogens is 1000 g/mol. The average Bonchev–Trinajstić information content (AvgIpc) is 3.43. The molecule has 0 rings (SSSR count). The number of aliphatic hydroxyl groups excluding tert-OH is 1. The maximum absolute atomic E-state index is 12.9. The fourth-order valence-corrected chi connectivity index (χ4v) is 8.38. The minimum absolute atomic E-state index is 0.0671. The van der Waals surface area contributed by atoms with Gasteiger partial charge in [0.1, 0.15) is 12.7 Å². The van der Waals surface area contributed by atoms with Crippen molar-refractivity contribution in [1.82, 2.24) is 0 Å². The van der Waals surface area contributed by atoms with Crippen LogP contribution in [0.4, 0.5) is 0 Å². The van der Waals surface area contributed by atoms with E-state index in [0.29, 0.717) is 25.7 Å². The number of ether oxygens (including phenoxy) is 3. The van der Waals surface area contributed by atoms with Gasteiger partial charge < -0.3 is 24.2 Å². The first kappa shape index (κ1) is 73.6. The van der Waals surface area contributed by atoms with Gasteiger partial charge in [-0.05, 0) is 96.3 Å². The molecule has 0 aliphatic heterocycles. The Bertz CT molecular complexity index is 1820. The van der Waals surface area contributed by atoms with Gasteiger partial charge in [0.25, 0.3) is 0 Å². The van der Waals surface area contributed by atoms with E-state index in [0.717, 1.165) is 89.9 Å². The maximum Gasteiger partial charge on any atom is 0.472 e. The summed E-state index contributed by atoms with van der Waals surface area (Å²) in [6, 6.07) is 0. The minimum atomic E-state index is -4.79. The number of rotatable bonds is 54. The number of hydrogen-bond donors (Lipinski definition) is 2. The predicted molar refractivity (Wildman–Crippen MR) is 325 cm³/mol. The van der Waals surface area contributed by atoms with Crippen LogP contribution in [-0.4, -0.2) is 66.5 Å². The van der Waals surface area contributed by atoms with E-state index < -0.39 is 64.4 Å². The fourth-order valence-electron chi connectivity index (χ4n) is 7.59. The molecule has 0 aromatic rings. The highest BCUT2D eigenvalue weighted by molar-refractivity contribution is 7.47. The van der Waals surface area contributed by atoms with E-state index in [1.165, 1.54) is 70.6 Å². The summed E-state index contributed by atoms with van der Waals surface area (Å²) in [5, 5.41) is 9.83. The Labute approximate surface area is 474 Å². The number of carbonyl (C=O) groups is 3. The quantitative estimate of drug-likeness (QED) is 0.0197. The van der Waals surface area contributed by atoms with Gasteiger partial charge in [0, 0.05) is 19.3 Å². The Morgan fingerprint density at radius 2 is 0.692 bits per heavy atom. The monoisotopic (exact) mass is 1110 g/mol. The number of allylic oxidation sites excluding steroid dienone is 22. The lowest BCUT2D eigenvalue weighted by Gasteiger charge is -2.21. The van der Waals surface area contributed by atoms with Crippen LogP contribution in [0, 0.1) is 0 Å². The summed E-state index contributed by atoms with van der Waals surface area (Å²) < 4.78 is 39.4. The molecule has 12 heteroatoms. The zero-order chi connectivity index (χ0) is 56.9. The molecule has 78 heavy (non-hydrogen) atoms. The fraction of sp³-hybridized carbons (Fsp3) is 0.621. The SMILES string of the molecule is CC/C=C\C/C=C\C/C=C\C/C=C\C/C=C\C/C=C\CCC(=O)OCC(COP(=O)(O)OCC(CO)OC(=O)CCCCCCCCCCCCCCCCC)OC(=O)CCC/C=C\C/C=C\C/C=C\C/C=C\C/C=C\CC. The van der Waals surface area contributed by atoms with Gasteiger partial charge in [-0.25, -0.2) is 4.57 Å². The van der Waals surface area contributed by atoms with Crippen molar-refractivity contribution in [2.75, 3.05) is 26.4 Å². The van der Waals surface area contributed by atoms with Crippen LogP contribution >= 0.6 is 7.82 Å². The van der Waals surface area contributed by atoms with E-state index in [-0.39, 0.29) is 19.3 Å². The van der Waals surface area contributed by atoms with Crippen molar-refractivity contribution in [2.24, 2.45) is 0 Å². The van der Waals surface area contributed by atoms with Crippen LogP contribution < -0.4 is 0 Å². The van der Waals surface area contributed by atoms with Crippen LogP contribution in [0.2, 0.25) is 0 Å². The van der Waals surface area contributed by atoms with Crippen molar-refractivity contribution in [3.63, 3.8) is 0 Å². The third-order valence-electron chi connectivity index (χ3n) is 12.1. The number of aliphatic hydroxyl groups is 1. The Balaban J connectivity index is 4.91. The van der Waals surface area contributed by atoms with Crippen LogP contribution in [0.5, 0.6) is 0 Å². The highest BCUT2D eigenvalue weighted by atomic mass is 31.2. The molecule has 0 bridgehead atoms. The minimum Gasteiger partial charge on any atom is -0.462 e. The smallest absolute Gasteiger partial charge is 0.462 e. The lowest BCUT2D eigenvalue weighted by atomic mass is 10.0. The molecular formula is C66H107O11P. The molecule has 0 amide bonds. The van der Waals surface area contributed by atoms with Crippen LogP contribution in [-0.2, 0) is 42.2 Å². The lowest BCUT2D eigenvalue weighted by molar-refractivity contribution is -0.161. The Hall–Kier alpha value is -4.38. The summed E-state index contributed by atoms with van der Waals surface area (Å²) in [6.45, 7) is 4.27. The van der Waals surface area contributed by atoms with Gasteiger partial charge in [0.05, 0.1) is 19.8 Å². The molecule has 442 valence electrons. The van der Waals surface area contributed by atoms with Gasteiger partial charge in [-0.15, -0.1) is 0 Å². The van der Waals surface area contributed by atoms with Crippen molar-refractivity contribution in [3.8, 4) is 0 Å². The summed E-state index contributed by atoms with van der Waals surface area (Å²) in [7, 11) is -4.79. The largest absolute Gasteiger partial charge is 0.472 e. The summed E-state index contributed by atoms with van der Waals surface area (Å²) in [5.41, 5.74) is 0. The number of phosphoric ester groups is 1. The van der Waals surface area contributed by atoms with Crippen molar-refractivity contribution in [3.05, 3.63) is 134 Å². The van der Waals surface area contributed by atoms with Crippen molar-refractivity contribution in [1.29, 1.82) is 0 Å². The van der Waals surface area contributed by atoms with Crippen molar-refractivity contribution in [2.45, 2.75) is 238 Å². The van der Waals surface area contributed by atoms with E-state index in [1.807, 2.05) is 24.3 Å². The second-order valence-corrected chi connectivity index (χ2v) is 20.9. The van der Waals surface area contributed by atoms with Crippen LogP contribution in [0.3, 0.4) is 0 Å². The summed E-state index contributed by atoms with van der Waals surface area (Å²) in [5.74, 6) is -1.65. The molecule has 3 unspecified atom stereocenters. The van der Waals surface area contributed by atoms with Gasteiger partial charge >= 0.3 is 25.7 Å². The number of phosphoric acid groups is 1. The molecule has 0 fully saturated rings.